The van der Waals surface area contributed by atoms with Crippen LogP contribution in [0.5, 0.6) is 11.5 Å². The Morgan fingerprint density at radius 1 is 0.946 bits per heavy atom. The predicted octanol–water partition coefficient (Wildman–Crippen LogP) is 2.13. The molecule has 2 heterocycles. The van der Waals surface area contributed by atoms with Gasteiger partial charge in [0.05, 0.1) is 20.1 Å². The number of benzene rings is 2. The van der Waals surface area contributed by atoms with Crippen LogP contribution in [0.4, 0.5) is 5.69 Å². The fourth-order valence-corrected chi connectivity index (χ4v) is 6.33. The SMILES string of the molecule is COc1ccc(OC)c(S(=O)(=O)N2CCC[C@@H](C(=O)Nc3ccc(C(=O)N4CCN(C)CC4)cc3)C2)c1. The van der Waals surface area contributed by atoms with E-state index in [0.29, 0.717) is 49.5 Å². The van der Waals surface area contributed by atoms with Crippen LogP contribution in [0.1, 0.15) is 23.2 Å². The summed E-state index contributed by atoms with van der Waals surface area (Å²) in [6.07, 6.45) is 1.13. The number of likely N-dealkylation sites (N-methyl/N-ethyl adjacent to an activating group) is 1. The summed E-state index contributed by atoms with van der Waals surface area (Å²) >= 11 is 0. The minimum Gasteiger partial charge on any atom is -0.497 e. The van der Waals surface area contributed by atoms with Crippen LogP contribution >= 0.6 is 0 Å². The second-order valence-corrected chi connectivity index (χ2v) is 11.3. The fraction of sp³-hybridized carbons (Fsp3) is 0.462. The molecule has 1 atom stereocenters. The highest BCUT2D eigenvalue weighted by molar-refractivity contribution is 7.89. The van der Waals surface area contributed by atoms with Gasteiger partial charge in [-0.25, -0.2) is 8.42 Å². The molecule has 2 fully saturated rings. The third-order valence-electron chi connectivity index (χ3n) is 6.93. The van der Waals surface area contributed by atoms with Crippen molar-refractivity contribution in [2.45, 2.75) is 17.7 Å². The summed E-state index contributed by atoms with van der Waals surface area (Å²) in [6.45, 7) is 3.45. The highest BCUT2D eigenvalue weighted by Gasteiger charge is 2.35. The van der Waals surface area contributed by atoms with E-state index in [9.17, 15) is 18.0 Å². The summed E-state index contributed by atoms with van der Waals surface area (Å²) in [5, 5.41) is 2.88. The fourth-order valence-electron chi connectivity index (χ4n) is 4.63. The number of anilines is 1. The maximum Gasteiger partial charge on any atom is 0.253 e. The lowest BCUT2D eigenvalue weighted by Crippen LogP contribution is -2.47. The Bertz CT molecular complexity index is 1230. The van der Waals surface area contributed by atoms with Crippen molar-refractivity contribution in [1.29, 1.82) is 0 Å². The number of carbonyl (C=O) groups excluding carboxylic acids is 2. The standard InChI is InChI=1S/C26H34N4O6S/c1-28-13-15-29(16-14-28)26(32)19-6-8-21(9-7-19)27-25(31)20-5-4-12-30(18-20)37(33,34)24-17-22(35-2)10-11-23(24)36-3/h6-11,17,20H,4-5,12-16,18H2,1-3H3,(H,27,31)/t20-/m1/s1. The predicted molar refractivity (Wildman–Crippen MR) is 140 cm³/mol. The number of rotatable bonds is 7. The van der Waals surface area contributed by atoms with Crippen LogP contribution in [-0.2, 0) is 14.8 Å². The first-order chi connectivity index (χ1) is 17.7. The number of carbonyl (C=O) groups is 2. The van der Waals surface area contributed by atoms with Gasteiger partial charge in [-0.2, -0.15) is 4.31 Å². The van der Waals surface area contributed by atoms with Gasteiger partial charge in [0.2, 0.25) is 15.9 Å². The molecule has 2 aliphatic rings. The van der Waals surface area contributed by atoms with Crippen LogP contribution in [0.25, 0.3) is 0 Å². The Morgan fingerprint density at radius 2 is 1.65 bits per heavy atom. The van der Waals surface area contributed by atoms with Crippen molar-refractivity contribution >= 4 is 27.5 Å². The van der Waals surface area contributed by atoms with Crippen molar-refractivity contribution in [1.82, 2.24) is 14.1 Å². The normalized spacial score (nSPS) is 19.3. The summed E-state index contributed by atoms with van der Waals surface area (Å²) in [5.41, 5.74) is 1.14. The van der Waals surface area contributed by atoms with Crippen LogP contribution < -0.4 is 14.8 Å². The molecule has 200 valence electrons. The molecule has 2 aromatic carbocycles. The smallest absolute Gasteiger partial charge is 0.253 e. The topological polar surface area (TPSA) is 108 Å². The van der Waals surface area contributed by atoms with E-state index in [4.69, 9.17) is 9.47 Å². The molecule has 0 spiro atoms. The molecule has 10 nitrogen and oxygen atoms in total. The zero-order chi connectivity index (χ0) is 26.6. The monoisotopic (exact) mass is 530 g/mol. The molecule has 1 N–H and O–H groups in total. The van der Waals surface area contributed by atoms with E-state index in [1.54, 1.807) is 36.4 Å². The number of piperidine rings is 1. The van der Waals surface area contributed by atoms with Gasteiger partial charge in [-0.05, 0) is 56.3 Å². The molecule has 2 saturated heterocycles. The zero-order valence-electron chi connectivity index (χ0n) is 21.5. The van der Waals surface area contributed by atoms with Crippen LogP contribution in [0.15, 0.2) is 47.4 Å². The van der Waals surface area contributed by atoms with Crippen molar-refractivity contribution in [2.24, 2.45) is 5.92 Å². The quantitative estimate of drug-likeness (QED) is 0.584. The van der Waals surface area contributed by atoms with Gasteiger partial charge in [0, 0.05) is 56.6 Å². The van der Waals surface area contributed by atoms with Gasteiger partial charge in [0.1, 0.15) is 16.4 Å². The molecule has 0 aromatic heterocycles. The molecule has 0 radical (unpaired) electrons. The molecular formula is C26H34N4O6S. The second kappa shape index (κ2) is 11.5. The van der Waals surface area contributed by atoms with E-state index in [2.05, 4.69) is 10.2 Å². The third kappa shape index (κ3) is 6.06. The summed E-state index contributed by atoms with van der Waals surface area (Å²) in [5.74, 6) is -0.159. The van der Waals surface area contributed by atoms with E-state index < -0.39 is 15.9 Å². The largest absolute Gasteiger partial charge is 0.497 e. The van der Waals surface area contributed by atoms with Crippen molar-refractivity contribution in [3.8, 4) is 11.5 Å². The number of hydrogen-bond donors (Lipinski definition) is 1. The molecule has 0 unspecified atom stereocenters. The average molecular weight is 531 g/mol. The lowest BCUT2D eigenvalue weighted by molar-refractivity contribution is -0.120. The highest BCUT2D eigenvalue weighted by atomic mass is 32.2. The van der Waals surface area contributed by atoms with E-state index in [0.717, 1.165) is 13.1 Å². The van der Waals surface area contributed by atoms with Crippen molar-refractivity contribution < 1.29 is 27.5 Å². The Hall–Kier alpha value is -3.15. The highest BCUT2D eigenvalue weighted by Crippen LogP contribution is 2.33. The number of nitrogens with one attached hydrogen (secondary N) is 1. The van der Waals surface area contributed by atoms with Crippen LogP contribution in [0.2, 0.25) is 0 Å². The molecular weight excluding hydrogens is 496 g/mol. The van der Waals surface area contributed by atoms with Gasteiger partial charge in [-0.3, -0.25) is 9.59 Å². The third-order valence-corrected chi connectivity index (χ3v) is 8.82. The van der Waals surface area contributed by atoms with Gasteiger partial charge in [-0.15, -0.1) is 0 Å². The van der Waals surface area contributed by atoms with E-state index in [1.165, 1.54) is 24.6 Å². The molecule has 0 aliphatic carbocycles. The number of nitrogens with zero attached hydrogens (tertiary/aromatic N) is 3. The minimum atomic E-state index is -3.90. The maximum absolute atomic E-state index is 13.4. The first-order valence-corrected chi connectivity index (χ1v) is 13.8. The van der Waals surface area contributed by atoms with Gasteiger partial charge < -0.3 is 24.6 Å². The number of hydrogen-bond acceptors (Lipinski definition) is 7. The number of ether oxygens (including phenoxy) is 2. The van der Waals surface area contributed by atoms with Crippen LogP contribution in [0.3, 0.4) is 0 Å². The molecule has 0 bridgehead atoms. The van der Waals surface area contributed by atoms with Gasteiger partial charge in [0.15, 0.2) is 0 Å². The maximum atomic E-state index is 13.4. The lowest BCUT2D eigenvalue weighted by atomic mass is 9.98. The van der Waals surface area contributed by atoms with E-state index in [1.807, 2.05) is 11.9 Å². The number of amides is 2. The second-order valence-electron chi connectivity index (χ2n) is 9.38. The van der Waals surface area contributed by atoms with Crippen LogP contribution in [0, 0.1) is 5.92 Å². The lowest BCUT2D eigenvalue weighted by Gasteiger charge is -2.32. The molecule has 2 aliphatic heterocycles. The number of piperazine rings is 1. The Kier molecular flexibility index (Phi) is 8.35. The van der Waals surface area contributed by atoms with Crippen molar-refractivity contribution in [3.05, 3.63) is 48.0 Å². The molecule has 2 amide bonds. The first-order valence-electron chi connectivity index (χ1n) is 12.3. The Morgan fingerprint density at radius 3 is 2.30 bits per heavy atom. The number of methoxy groups -OCH3 is 2. The molecule has 37 heavy (non-hydrogen) atoms. The van der Waals surface area contributed by atoms with Gasteiger partial charge >= 0.3 is 0 Å². The Labute approximate surface area is 218 Å². The van der Waals surface area contributed by atoms with Gasteiger partial charge in [-0.1, -0.05) is 0 Å². The molecule has 2 aromatic rings. The minimum absolute atomic E-state index is 0.0102. The summed E-state index contributed by atoms with van der Waals surface area (Å²) in [4.78, 5) is 29.8. The van der Waals surface area contributed by atoms with E-state index >= 15 is 0 Å². The molecule has 0 saturated carbocycles. The zero-order valence-corrected chi connectivity index (χ0v) is 22.3. The molecule has 4 rings (SSSR count). The molecule has 11 heteroatoms. The average Bonchev–Trinajstić information content (AvgIpc) is 2.93. The summed E-state index contributed by atoms with van der Waals surface area (Å²) in [7, 11) is 1.02. The van der Waals surface area contributed by atoms with Crippen molar-refractivity contribution in [2.75, 3.05) is 65.9 Å². The first kappa shape index (κ1) is 26.9. The summed E-state index contributed by atoms with van der Waals surface area (Å²) < 4.78 is 38.7. The summed E-state index contributed by atoms with van der Waals surface area (Å²) in [6, 6.07) is 11.5. The van der Waals surface area contributed by atoms with Crippen LogP contribution in [-0.4, -0.2) is 94.9 Å². The van der Waals surface area contributed by atoms with E-state index in [-0.39, 0.29) is 29.0 Å². The Balaban J connectivity index is 1.41. The van der Waals surface area contributed by atoms with Gasteiger partial charge in [0.25, 0.3) is 5.91 Å². The number of sulfonamides is 1. The van der Waals surface area contributed by atoms with Crippen molar-refractivity contribution in [3.63, 3.8) is 0 Å².